The molecule has 0 aliphatic heterocycles. The van der Waals surface area contributed by atoms with Gasteiger partial charge in [0.05, 0.1) is 0 Å². The number of aliphatic hydroxyl groups excluding tert-OH is 1. The predicted octanol–water partition coefficient (Wildman–Crippen LogP) is 1.84. The molecular weight excluding hydrogens is 226 g/mol. The monoisotopic (exact) mass is 247 g/mol. The van der Waals surface area contributed by atoms with Gasteiger partial charge < -0.3 is 10.4 Å². The van der Waals surface area contributed by atoms with E-state index in [1.807, 2.05) is 12.1 Å². The second-order valence-electron chi connectivity index (χ2n) is 5.26. The van der Waals surface area contributed by atoms with E-state index in [0.29, 0.717) is 5.69 Å². The average molecular weight is 247 g/mol. The highest BCUT2D eigenvalue weighted by atomic mass is 16.2. The van der Waals surface area contributed by atoms with Crippen LogP contribution in [0.15, 0.2) is 18.3 Å². The third-order valence-electron chi connectivity index (χ3n) is 2.88. The SMILES string of the molecule is CC(C)(CCCO)CNCc1ccnc(C#N)c1. The van der Waals surface area contributed by atoms with Gasteiger partial charge in [-0.15, -0.1) is 0 Å². The van der Waals surface area contributed by atoms with Gasteiger partial charge in [-0.1, -0.05) is 13.8 Å². The third-order valence-corrected chi connectivity index (χ3v) is 2.88. The topological polar surface area (TPSA) is 68.9 Å². The highest BCUT2D eigenvalue weighted by Crippen LogP contribution is 2.20. The molecule has 18 heavy (non-hydrogen) atoms. The minimum absolute atomic E-state index is 0.174. The number of nitrogens with one attached hydrogen (secondary N) is 1. The first-order valence-corrected chi connectivity index (χ1v) is 6.24. The Morgan fingerprint density at radius 2 is 2.28 bits per heavy atom. The van der Waals surface area contributed by atoms with E-state index in [1.54, 1.807) is 12.3 Å². The minimum Gasteiger partial charge on any atom is -0.396 e. The van der Waals surface area contributed by atoms with E-state index in [-0.39, 0.29) is 12.0 Å². The zero-order valence-corrected chi connectivity index (χ0v) is 11.1. The fourth-order valence-electron chi connectivity index (χ4n) is 1.84. The molecule has 0 aromatic carbocycles. The average Bonchev–Trinajstić information content (AvgIpc) is 2.36. The Balaban J connectivity index is 2.39. The van der Waals surface area contributed by atoms with Crippen LogP contribution in [0.1, 0.15) is 37.9 Å². The van der Waals surface area contributed by atoms with Crippen LogP contribution in [0.25, 0.3) is 0 Å². The Hall–Kier alpha value is -1.44. The minimum atomic E-state index is 0.174. The van der Waals surface area contributed by atoms with Crippen LogP contribution in [-0.4, -0.2) is 23.2 Å². The normalized spacial score (nSPS) is 11.2. The van der Waals surface area contributed by atoms with Crippen molar-refractivity contribution >= 4 is 0 Å². The van der Waals surface area contributed by atoms with E-state index >= 15 is 0 Å². The van der Waals surface area contributed by atoms with Gasteiger partial charge in [0, 0.05) is 25.9 Å². The molecule has 0 fully saturated rings. The molecule has 0 radical (unpaired) electrons. The lowest BCUT2D eigenvalue weighted by molar-refractivity contribution is 0.236. The standard InChI is InChI=1S/C14H21N3O/c1-14(2,5-3-7-18)11-16-10-12-4-6-17-13(8-12)9-15/h4,6,8,16,18H,3,5,7,10-11H2,1-2H3. The van der Waals surface area contributed by atoms with Gasteiger partial charge >= 0.3 is 0 Å². The summed E-state index contributed by atoms with van der Waals surface area (Å²) in [7, 11) is 0. The molecule has 0 amide bonds. The van der Waals surface area contributed by atoms with Gasteiger partial charge in [-0.25, -0.2) is 4.98 Å². The molecule has 98 valence electrons. The lowest BCUT2D eigenvalue weighted by Gasteiger charge is -2.24. The van der Waals surface area contributed by atoms with Crippen molar-refractivity contribution in [3.8, 4) is 6.07 Å². The molecule has 0 atom stereocenters. The van der Waals surface area contributed by atoms with Gasteiger partial charge in [-0.3, -0.25) is 0 Å². The van der Waals surface area contributed by atoms with Crippen molar-refractivity contribution in [3.63, 3.8) is 0 Å². The van der Waals surface area contributed by atoms with Crippen molar-refractivity contribution in [1.29, 1.82) is 5.26 Å². The van der Waals surface area contributed by atoms with Crippen LogP contribution >= 0.6 is 0 Å². The molecule has 1 heterocycles. The van der Waals surface area contributed by atoms with E-state index < -0.39 is 0 Å². The smallest absolute Gasteiger partial charge is 0.140 e. The largest absolute Gasteiger partial charge is 0.396 e. The second kappa shape index (κ2) is 7.10. The number of nitriles is 1. The Kier molecular flexibility index (Phi) is 5.76. The number of aliphatic hydroxyl groups is 1. The van der Waals surface area contributed by atoms with E-state index in [1.165, 1.54) is 0 Å². The maximum atomic E-state index is 8.83. The fraction of sp³-hybridized carbons (Fsp3) is 0.571. The molecule has 0 saturated heterocycles. The van der Waals surface area contributed by atoms with Crippen LogP contribution in [0.2, 0.25) is 0 Å². The van der Waals surface area contributed by atoms with Crippen LogP contribution in [0, 0.1) is 16.7 Å². The number of nitrogens with zero attached hydrogens (tertiary/aromatic N) is 2. The van der Waals surface area contributed by atoms with E-state index in [0.717, 1.165) is 31.5 Å². The fourth-order valence-corrected chi connectivity index (χ4v) is 1.84. The summed E-state index contributed by atoms with van der Waals surface area (Å²) in [5, 5.41) is 21.0. The number of pyridine rings is 1. The zero-order chi connectivity index (χ0) is 13.4. The zero-order valence-electron chi connectivity index (χ0n) is 11.1. The summed E-state index contributed by atoms with van der Waals surface area (Å²) in [4.78, 5) is 3.94. The first-order chi connectivity index (χ1) is 8.57. The highest BCUT2D eigenvalue weighted by molar-refractivity contribution is 5.25. The highest BCUT2D eigenvalue weighted by Gasteiger charge is 2.16. The first-order valence-electron chi connectivity index (χ1n) is 6.24. The lowest BCUT2D eigenvalue weighted by Crippen LogP contribution is -2.29. The maximum Gasteiger partial charge on any atom is 0.140 e. The summed E-state index contributed by atoms with van der Waals surface area (Å²) in [6.45, 7) is 6.24. The quantitative estimate of drug-likeness (QED) is 0.771. The molecule has 4 nitrogen and oxygen atoms in total. The van der Waals surface area contributed by atoms with Crippen LogP contribution in [0.4, 0.5) is 0 Å². The number of hydrogen-bond acceptors (Lipinski definition) is 4. The molecule has 1 rings (SSSR count). The Bertz CT molecular complexity index is 410. The van der Waals surface area contributed by atoms with Gasteiger partial charge in [-0.05, 0) is 36.0 Å². The summed E-state index contributed by atoms with van der Waals surface area (Å²) in [6, 6.07) is 5.75. The van der Waals surface area contributed by atoms with Gasteiger partial charge in [0.2, 0.25) is 0 Å². The molecule has 1 aromatic rings. The van der Waals surface area contributed by atoms with Gasteiger partial charge in [0.15, 0.2) is 0 Å². The van der Waals surface area contributed by atoms with Gasteiger partial charge in [0.1, 0.15) is 11.8 Å². The van der Waals surface area contributed by atoms with Crippen molar-refractivity contribution in [1.82, 2.24) is 10.3 Å². The van der Waals surface area contributed by atoms with Crippen LogP contribution in [0.3, 0.4) is 0 Å². The molecule has 0 aliphatic carbocycles. The van der Waals surface area contributed by atoms with Crippen molar-refractivity contribution < 1.29 is 5.11 Å². The van der Waals surface area contributed by atoms with E-state index in [4.69, 9.17) is 10.4 Å². The first kappa shape index (κ1) is 14.6. The summed E-state index contributed by atoms with van der Waals surface area (Å²) in [5.41, 5.74) is 1.70. The summed E-state index contributed by atoms with van der Waals surface area (Å²) >= 11 is 0. The molecule has 1 aromatic heterocycles. The Morgan fingerprint density at radius 1 is 1.50 bits per heavy atom. The van der Waals surface area contributed by atoms with Crippen LogP contribution in [-0.2, 0) is 6.54 Å². The molecule has 0 spiro atoms. The Labute approximate surface area is 109 Å². The van der Waals surface area contributed by atoms with E-state index in [9.17, 15) is 0 Å². The third kappa shape index (κ3) is 5.26. The summed E-state index contributed by atoms with van der Waals surface area (Å²) in [5.74, 6) is 0. The van der Waals surface area contributed by atoms with Crippen LogP contribution in [0.5, 0.6) is 0 Å². The van der Waals surface area contributed by atoms with Crippen molar-refractivity contribution in [3.05, 3.63) is 29.6 Å². The van der Waals surface area contributed by atoms with E-state index in [2.05, 4.69) is 24.1 Å². The second-order valence-corrected chi connectivity index (χ2v) is 5.26. The lowest BCUT2D eigenvalue weighted by atomic mass is 9.88. The van der Waals surface area contributed by atoms with Gasteiger partial charge in [-0.2, -0.15) is 5.26 Å². The number of hydrogen-bond donors (Lipinski definition) is 2. The molecule has 2 N–H and O–H groups in total. The number of rotatable bonds is 7. The molecule has 0 bridgehead atoms. The summed E-state index contributed by atoms with van der Waals surface area (Å²) in [6.07, 6.45) is 3.49. The molecule has 4 heteroatoms. The molecular formula is C14H21N3O. The Morgan fingerprint density at radius 3 is 2.94 bits per heavy atom. The molecule has 0 aliphatic rings. The maximum absolute atomic E-state index is 8.83. The van der Waals surface area contributed by atoms with Crippen molar-refractivity contribution in [2.75, 3.05) is 13.2 Å². The van der Waals surface area contributed by atoms with Crippen molar-refractivity contribution in [2.24, 2.45) is 5.41 Å². The molecule has 0 unspecified atom stereocenters. The van der Waals surface area contributed by atoms with Crippen molar-refractivity contribution in [2.45, 2.75) is 33.2 Å². The predicted molar refractivity (Wildman–Crippen MR) is 70.8 cm³/mol. The summed E-state index contributed by atoms with van der Waals surface area (Å²) < 4.78 is 0. The van der Waals surface area contributed by atoms with Gasteiger partial charge in [0.25, 0.3) is 0 Å². The number of aromatic nitrogens is 1. The molecule has 0 saturated carbocycles. The van der Waals surface area contributed by atoms with Crippen LogP contribution < -0.4 is 5.32 Å².